The molecule has 0 aliphatic carbocycles. The van der Waals surface area contributed by atoms with Crippen LogP contribution in [0.2, 0.25) is 0 Å². The van der Waals surface area contributed by atoms with Gasteiger partial charge in [-0.05, 0) is 55.5 Å². The van der Waals surface area contributed by atoms with Crippen molar-refractivity contribution < 1.29 is 71.1 Å². The molecule has 7 rings (SSSR count). The lowest BCUT2D eigenvalue weighted by molar-refractivity contribution is -0.136. The van der Waals surface area contributed by atoms with Crippen LogP contribution in [0.5, 0.6) is 5.75 Å². The van der Waals surface area contributed by atoms with Gasteiger partial charge in [0.25, 0.3) is 11.8 Å². The molecule has 0 saturated carbocycles. The Labute approximate surface area is 427 Å². The number of imide groups is 2. The molecule has 2 aliphatic heterocycles. The molecule has 22 nitrogen and oxygen atoms in total. The molecule has 5 heterocycles. The van der Waals surface area contributed by atoms with Crippen molar-refractivity contribution in [2.45, 2.75) is 64.0 Å². The first-order valence-corrected chi connectivity index (χ1v) is 24.9. The summed E-state index contributed by atoms with van der Waals surface area (Å²) in [6.45, 7) is 6.45. The van der Waals surface area contributed by atoms with Crippen LogP contribution in [-0.2, 0) is 54.1 Å². The summed E-state index contributed by atoms with van der Waals surface area (Å²) in [6.07, 6.45) is 8.49. The van der Waals surface area contributed by atoms with Crippen molar-refractivity contribution in [3.05, 3.63) is 95.8 Å². The Kier molecular flexibility index (Phi) is 22.1. The van der Waals surface area contributed by atoms with Crippen molar-refractivity contribution in [2.75, 3.05) is 104 Å². The monoisotopic (exact) mass is 1030 g/mol. The largest absolute Gasteiger partial charge is 0.485 e. The molecule has 2 aliphatic rings. The second-order valence-electron chi connectivity index (χ2n) is 17.1. The summed E-state index contributed by atoms with van der Waals surface area (Å²) >= 11 is 0. The van der Waals surface area contributed by atoms with E-state index in [1.54, 1.807) is 29.3 Å². The van der Waals surface area contributed by atoms with E-state index in [0.717, 1.165) is 34.6 Å². The number of hydrogen-bond acceptors (Lipinski definition) is 19. The number of carbonyl (C=O) groups excluding carboxylic acids is 6. The normalized spacial score (nSPS) is 14.5. The van der Waals surface area contributed by atoms with Crippen LogP contribution in [0.15, 0.2) is 77.8 Å². The molecule has 3 aromatic heterocycles. The van der Waals surface area contributed by atoms with E-state index in [1.807, 2.05) is 36.4 Å². The van der Waals surface area contributed by atoms with Crippen LogP contribution in [0.3, 0.4) is 0 Å². The second kappa shape index (κ2) is 29.8. The minimum atomic E-state index is -1.09. The number of rotatable bonds is 37. The minimum Gasteiger partial charge on any atom is -0.485 e. The lowest BCUT2D eigenvalue weighted by Crippen LogP contribution is -2.54. The predicted octanol–water partition coefficient (Wildman–Crippen LogP) is 4.69. The lowest BCUT2D eigenvalue weighted by atomic mass is 10.0. The first-order chi connectivity index (χ1) is 36.3. The molecule has 1 atom stereocenters. The fourth-order valence-corrected chi connectivity index (χ4v) is 8.01. The van der Waals surface area contributed by atoms with E-state index < -0.39 is 29.7 Å². The maximum absolute atomic E-state index is 13.2. The highest BCUT2D eigenvalue weighted by molar-refractivity contribution is 6.24. The molecule has 22 heteroatoms. The molecule has 0 spiro atoms. The third-order valence-electron chi connectivity index (χ3n) is 11.8. The van der Waals surface area contributed by atoms with Gasteiger partial charge in [0.05, 0.1) is 103 Å². The summed E-state index contributed by atoms with van der Waals surface area (Å²) in [6, 6.07) is 14.6. The highest BCUT2D eigenvalue weighted by Crippen LogP contribution is 2.34. The van der Waals surface area contributed by atoms with Crippen LogP contribution in [0.25, 0.3) is 16.8 Å². The number of ketones is 2. The molecule has 1 fully saturated rings. The van der Waals surface area contributed by atoms with E-state index >= 15 is 0 Å². The lowest BCUT2D eigenvalue weighted by Gasteiger charge is -2.27. The molecule has 4 amide bonds. The van der Waals surface area contributed by atoms with E-state index in [4.69, 9.17) is 42.3 Å². The Hall–Kier alpha value is -6.79. The van der Waals surface area contributed by atoms with Gasteiger partial charge in [0.1, 0.15) is 30.5 Å². The Bertz CT molecular complexity index is 2610. The first kappa shape index (κ1) is 55.0. The van der Waals surface area contributed by atoms with Gasteiger partial charge in [-0.3, -0.25) is 43.4 Å². The van der Waals surface area contributed by atoms with Crippen molar-refractivity contribution in [1.29, 1.82) is 0 Å². The second-order valence-corrected chi connectivity index (χ2v) is 17.1. The summed E-state index contributed by atoms with van der Waals surface area (Å²) in [4.78, 5) is 80.8. The topological polar surface area (TPSA) is 260 Å². The third kappa shape index (κ3) is 16.4. The number of hydrogen-bond donors (Lipinski definition) is 2. The van der Waals surface area contributed by atoms with Crippen molar-refractivity contribution in [3.8, 4) is 16.9 Å². The minimum absolute atomic E-state index is 0.0117. The van der Waals surface area contributed by atoms with Crippen LogP contribution in [0, 0.1) is 0 Å². The number of furan rings is 1. The summed E-state index contributed by atoms with van der Waals surface area (Å²) in [7, 11) is 0. The predicted molar refractivity (Wildman–Crippen MR) is 264 cm³/mol. The van der Waals surface area contributed by atoms with Gasteiger partial charge in [-0.1, -0.05) is 36.8 Å². The number of anilines is 1. The van der Waals surface area contributed by atoms with Crippen molar-refractivity contribution in [2.24, 2.45) is 0 Å². The average molecular weight is 1030 g/mol. The molecular weight excluding hydrogens is 963 g/mol. The van der Waals surface area contributed by atoms with Gasteiger partial charge in [0.15, 0.2) is 17.2 Å². The number of carbonyl (C=O) groups is 6. The zero-order valence-electron chi connectivity index (χ0n) is 41.3. The number of ether oxygens (including phenoxy) is 8. The number of piperidine rings is 1. The van der Waals surface area contributed by atoms with E-state index in [0.29, 0.717) is 135 Å². The number of nitrogens with one attached hydrogen (secondary N) is 2. The Morgan fingerprint density at radius 3 is 1.97 bits per heavy atom. The van der Waals surface area contributed by atoms with E-state index in [1.165, 1.54) is 12.1 Å². The fourth-order valence-electron chi connectivity index (χ4n) is 8.01. The summed E-state index contributed by atoms with van der Waals surface area (Å²) in [5, 5.41) is 13.8. The van der Waals surface area contributed by atoms with Gasteiger partial charge in [0.2, 0.25) is 17.8 Å². The van der Waals surface area contributed by atoms with Crippen molar-refractivity contribution >= 4 is 46.8 Å². The number of nitrogens with zero attached hydrogens (tertiary/aromatic N) is 5. The van der Waals surface area contributed by atoms with Gasteiger partial charge in [-0.15, -0.1) is 10.2 Å². The number of Topliss-reactive ketones (excluding diaryl/α,β-unsaturated/α-hetero) is 2. The highest BCUT2D eigenvalue weighted by Gasteiger charge is 2.46. The molecule has 1 saturated heterocycles. The summed E-state index contributed by atoms with van der Waals surface area (Å²) in [5.41, 5.74) is 3.05. The average Bonchev–Trinajstić information content (AvgIpc) is 4.18. The molecule has 0 bridgehead atoms. The molecule has 5 aromatic rings. The Morgan fingerprint density at radius 2 is 1.34 bits per heavy atom. The number of aromatic nitrogens is 4. The quantitative estimate of drug-likeness (QED) is 0.0311. The number of amides is 4. The molecular formula is C52H63N7O15. The fraction of sp³-hybridized carbons (Fsp3) is 0.481. The maximum atomic E-state index is 13.2. The Balaban J connectivity index is 0.592. The van der Waals surface area contributed by atoms with Gasteiger partial charge >= 0.3 is 0 Å². The SMILES string of the molecule is O=C(CCCCCOCCOCCOCCOCCOCCOCCOCCCC(=O)c1ccc(-c2cnc(NCc3ccco3)n3cnnc23)cc1)COc1cccc2c1C(=O)N(C1CCC(=O)NC1=O)C2=O. The summed E-state index contributed by atoms with van der Waals surface area (Å²) < 4.78 is 51.8. The van der Waals surface area contributed by atoms with Gasteiger partial charge in [-0.25, -0.2) is 4.98 Å². The number of unbranched alkanes of at least 4 members (excludes halogenated alkanes) is 2. The van der Waals surface area contributed by atoms with Crippen LogP contribution in [-0.4, -0.2) is 165 Å². The zero-order chi connectivity index (χ0) is 51.7. The molecule has 2 N–H and O–H groups in total. The van der Waals surface area contributed by atoms with Crippen LogP contribution in [0.1, 0.15) is 88.2 Å². The zero-order valence-corrected chi connectivity index (χ0v) is 41.3. The number of fused-ring (bicyclic) bond motifs is 2. The Morgan fingerprint density at radius 1 is 0.689 bits per heavy atom. The third-order valence-corrected chi connectivity index (χ3v) is 11.8. The van der Waals surface area contributed by atoms with E-state index in [9.17, 15) is 28.8 Å². The number of benzene rings is 2. The molecule has 2 aromatic carbocycles. The van der Waals surface area contributed by atoms with Gasteiger partial charge in [0, 0.05) is 49.8 Å². The van der Waals surface area contributed by atoms with Gasteiger partial charge in [-0.2, -0.15) is 0 Å². The standard InChI is InChI=1S/C52H63N7O15/c60-39(35-74-45-11-4-9-41-47(45)51(65)59(50(41)64)43-16-17-46(62)56-49(43)63)7-2-1-3-18-66-21-23-68-25-27-70-29-31-72-32-30-71-28-26-69-24-22-67-19-6-10-44(61)38-14-12-37(13-15-38)42-34-54-52(58-36-55-57-48(42)58)53-33-40-8-5-20-73-40/h4-5,8-9,11-15,20,34,36,43H,1-3,6-7,10,16-19,21-33,35H2,(H,53,54)(H,56,62,63). The molecule has 0 radical (unpaired) electrons. The summed E-state index contributed by atoms with van der Waals surface area (Å²) in [5.74, 6) is -1.11. The highest BCUT2D eigenvalue weighted by atomic mass is 16.6. The first-order valence-electron chi connectivity index (χ1n) is 24.9. The van der Waals surface area contributed by atoms with E-state index in [-0.39, 0.29) is 54.3 Å². The molecule has 1 unspecified atom stereocenters. The smallest absolute Gasteiger partial charge is 0.266 e. The molecule has 396 valence electrons. The van der Waals surface area contributed by atoms with Crippen molar-refractivity contribution in [1.82, 2.24) is 29.8 Å². The van der Waals surface area contributed by atoms with Gasteiger partial charge < -0.3 is 47.6 Å². The van der Waals surface area contributed by atoms with Crippen LogP contribution < -0.4 is 15.4 Å². The van der Waals surface area contributed by atoms with Crippen molar-refractivity contribution in [3.63, 3.8) is 0 Å². The van der Waals surface area contributed by atoms with Crippen LogP contribution in [0.4, 0.5) is 5.95 Å². The van der Waals surface area contributed by atoms with E-state index in [2.05, 4.69) is 25.8 Å². The maximum Gasteiger partial charge on any atom is 0.266 e. The molecule has 74 heavy (non-hydrogen) atoms. The van der Waals surface area contributed by atoms with Crippen LogP contribution >= 0.6 is 0 Å².